The molecule has 0 aromatic heterocycles. The summed E-state index contributed by atoms with van der Waals surface area (Å²) in [6, 6.07) is 8.03. The number of benzene rings is 1. The van der Waals surface area contributed by atoms with Gasteiger partial charge in [-0.1, -0.05) is 37.6 Å². The number of hydrogen-bond acceptors (Lipinski definition) is 2. The van der Waals surface area contributed by atoms with Crippen LogP contribution in [0.2, 0.25) is 0 Å². The smallest absolute Gasteiger partial charge is 0.284 e. The Hall–Kier alpha value is -1.64. The van der Waals surface area contributed by atoms with Crippen molar-refractivity contribution in [2.45, 2.75) is 26.3 Å². The van der Waals surface area contributed by atoms with E-state index in [2.05, 4.69) is 12.2 Å². The van der Waals surface area contributed by atoms with Crippen molar-refractivity contribution in [3.63, 3.8) is 0 Å². The predicted octanol–water partition coefficient (Wildman–Crippen LogP) is 1.45. The number of rotatable bonds is 5. The maximum absolute atomic E-state index is 10.7. The van der Waals surface area contributed by atoms with Crippen LogP contribution in [0, 0.1) is 0 Å². The molecule has 0 saturated carbocycles. The largest absolute Gasteiger partial charge is 0.346 e. The molecule has 0 radical (unpaired) electrons. The lowest BCUT2D eigenvalue weighted by Gasteiger charge is -2.03. The molecule has 3 nitrogen and oxygen atoms in total. The number of nitrogens with one attached hydrogen (secondary N) is 1. The van der Waals surface area contributed by atoms with Gasteiger partial charge in [0.15, 0.2) is 0 Å². The van der Waals surface area contributed by atoms with Crippen LogP contribution in [-0.4, -0.2) is 12.2 Å². The van der Waals surface area contributed by atoms with Crippen molar-refractivity contribution in [3.05, 3.63) is 35.4 Å². The lowest BCUT2D eigenvalue weighted by atomic mass is 10.1. The van der Waals surface area contributed by atoms with Gasteiger partial charge >= 0.3 is 0 Å². The molecule has 0 aliphatic carbocycles. The standard InChI is InChI=1S/C12H15NO2/c1-2-3-10-4-6-11(7-5-10)8-13-12(15)9-14/h4-7,9H,2-3,8H2,1H3,(H,13,15). The summed E-state index contributed by atoms with van der Waals surface area (Å²) in [4.78, 5) is 20.7. The average Bonchev–Trinajstić information content (AvgIpc) is 2.28. The first kappa shape index (κ1) is 11.4. The van der Waals surface area contributed by atoms with Crippen molar-refractivity contribution in [2.24, 2.45) is 0 Å². The average molecular weight is 205 g/mol. The number of amides is 1. The Morgan fingerprint density at radius 2 is 1.87 bits per heavy atom. The molecule has 1 aromatic rings. The number of carbonyl (C=O) groups is 2. The van der Waals surface area contributed by atoms with Gasteiger partial charge < -0.3 is 5.32 Å². The van der Waals surface area contributed by atoms with Gasteiger partial charge in [-0.2, -0.15) is 0 Å². The van der Waals surface area contributed by atoms with Gasteiger partial charge in [0, 0.05) is 6.54 Å². The lowest BCUT2D eigenvalue weighted by Crippen LogP contribution is -2.23. The molecular formula is C12H15NO2. The van der Waals surface area contributed by atoms with Gasteiger partial charge in [0.25, 0.3) is 5.91 Å². The molecule has 0 unspecified atom stereocenters. The summed E-state index contributed by atoms with van der Waals surface area (Å²) in [6.45, 7) is 2.54. The SMILES string of the molecule is CCCc1ccc(CNC(=O)C=O)cc1. The lowest BCUT2D eigenvalue weighted by molar-refractivity contribution is -0.131. The van der Waals surface area contributed by atoms with Gasteiger partial charge in [0.05, 0.1) is 0 Å². The highest BCUT2D eigenvalue weighted by atomic mass is 16.2. The summed E-state index contributed by atoms with van der Waals surface area (Å²) in [5.74, 6) is -0.576. The molecule has 0 spiro atoms. The van der Waals surface area contributed by atoms with Gasteiger partial charge in [-0.25, -0.2) is 0 Å². The Kier molecular flexibility index (Phi) is 4.54. The van der Waals surface area contributed by atoms with Crippen molar-refractivity contribution >= 4 is 12.2 Å². The molecule has 1 N–H and O–H groups in total. The topological polar surface area (TPSA) is 46.2 Å². The summed E-state index contributed by atoms with van der Waals surface area (Å²) >= 11 is 0. The van der Waals surface area contributed by atoms with E-state index in [-0.39, 0.29) is 6.29 Å². The zero-order chi connectivity index (χ0) is 11.1. The van der Waals surface area contributed by atoms with E-state index in [1.807, 2.05) is 24.3 Å². The van der Waals surface area contributed by atoms with Gasteiger partial charge in [0.1, 0.15) is 0 Å². The highest BCUT2D eigenvalue weighted by Crippen LogP contribution is 2.06. The fourth-order valence-corrected chi connectivity index (χ4v) is 1.34. The third-order valence-corrected chi connectivity index (χ3v) is 2.14. The number of aldehydes is 1. The molecule has 0 fully saturated rings. The van der Waals surface area contributed by atoms with E-state index in [4.69, 9.17) is 0 Å². The predicted molar refractivity (Wildman–Crippen MR) is 58.3 cm³/mol. The van der Waals surface area contributed by atoms with E-state index in [1.165, 1.54) is 5.56 Å². The highest BCUT2D eigenvalue weighted by molar-refractivity contribution is 6.23. The van der Waals surface area contributed by atoms with Crippen molar-refractivity contribution in [1.82, 2.24) is 5.32 Å². The fourth-order valence-electron chi connectivity index (χ4n) is 1.34. The summed E-state index contributed by atoms with van der Waals surface area (Å²) in [7, 11) is 0. The third-order valence-electron chi connectivity index (χ3n) is 2.14. The van der Waals surface area contributed by atoms with Gasteiger partial charge in [-0.05, 0) is 17.5 Å². The van der Waals surface area contributed by atoms with Crippen LogP contribution in [0.3, 0.4) is 0 Å². The first-order valence-electron chi connectivity index (χ1n) is 5.07. The molecule has 1 amide bonds. The van der Waals surface area contributed by atoms with Crippen LogP contribution in [0.25, 0.3) is 0 Å². The molecule has 1 aromatic carbocycles. The quantitative estimate of drug-likeness (QED) is 0.584. The summed E-state index contributed by atoms with van der Waals surface area (Å²) < 4.78 is 0. The number of hydrogen-bond donors (Lipinski definition) is 1. The van der Waals surface area contributed by atoms with Gasteiger partial charge in [0.2, 0.25) is 6.29 Å². The Labute approximate surface area is 89.5 Å². The fraction of sp³-hybridized carbons (Fsp3) is 0.333. The second-order valence-electron chi connectivity index (χ2n) is 3.40. The van der Waals surface area contributed by atoms with E-state index in [0.29, 0.717) is 6.54 Å². The summed E-state index contributed by atoms with van der Waals surface area (Å²) in [5.41, 5.74) is 2.30. The summed E-state index contributed by atoms with van der Waals surface area (Å²) in [5, 5.41) is 2.49. The van der Waals surface area contributed by atoms with Crippen LogP contribution < -0.4 is 5.32 Å². The minimum absolute atomic E-state index is 0.283. The van der Waals surface area contributed by atoms with E-state index in [1.54, 1.807) is 0 Å². The van der Waals surface area contributed by atoms with Crippen molar-refractivity contribution in [2.75, 3.05) is 0 Å². The number of carbonyl (C=O) groups excluding carboxylic acids is 2. The zero-order valence-electron chi connectivity index (χ0n) is 8.82. The molecule has 0 aliphatic heterocycles. The Bertz CT molecular complexity index is 330. The second kappa shape index (κ2) is 5.96. The van der Waals surface area contributed by atoms with Crippen LogP contribution in [0.4, 0.5) is 0 Å². The van der Waals surface area contributed by atoms with Crippen LogP contribution in [0.15, 0.2) is 24.3 Å². The molecule has 0 aliphatic rings. The monoisotopic (exact) mass is 205 g/mol. The van der Waals surface area contributed by atoms with E-state index in [9.17, 15) is 9.59 Å². The molecule has 0 saturated heterocycles. The first-order valence-corrected chi connectivity index (χ1v) is 5.07. The Balaban J connectivity index is 2.49. The molecule has 80 valence electrons. The van der Waals surface area contributed by atoms with E-state index < -0.39 is 5.91 Å². The van der Waals surface area contributed by atoms with Crippen molar-refractivity contribution < 1.29 is 9.59 Å². The first-order chi connectivity index (χ1) is 7.26. The normalized spacial score (nSPS) is 9.67. The maximum Gasteiger partial charge on any atom is 0.284 e. The maximum atomic E-state index is 10.7. The Morgan fingerprint density at radius 1 is 1.27 bits per heavy atom. The second-order valence-corrected chi connectivity index (χ2v) is 3.40. The molecule has 3 heteroatoms. The van der Waals surface area contributed by atoms with Crippen LogP contribution >= 0.6 is 0 Å². The molecule has 0 heterocycles. The van der Waals surface area contributed by atoms with Crippen LogP contribution in [-0.2, 0) is 22.6 Å². The van der Waals surface area contributed by atoms with E-state index >= 15 is 0 Å². The molecule has 1 rings (SSSR count). The zero-order valence-corrected chi connectivity index (χ0v) is 8.82. The summed E-state index contributed by atoms with van der Waals surface area (Å²) in [6.07, 6.45) is 2.48. The third kappa shape index (κ3) is 3.94. The van der Waals surface area contributed by atoms with Gasteiger partial charge in [-0.15, -0.1) is 0 Å². The van der Waals surface area contributed by atoms with E-state index in [0.717, 1.165) is 18.4 Å². The molecule has 0 bridgehead atoms. The van der Waals surface area contributed by atoms with Crippen LogP contribution in [0.1, 0.15) is 24.5 Å². The molecule has 15 heavy (non-hydrogen) atoms. The minimum atomic E-state index is -0.576. The molecule has 0 atom stereocenters. The van der Waals surface area contributed by atoms with Crippen LogP contribution in [0.5, 0.6) is 0 Å². The molecular weight excluding hydrogens is 190 g/mol. The highest BCUT2D eigenvalue weighted by Gasteiger charge is 1.98. The van der Waals surface area contributed by atoms with Crippen molar-refractivity contribution in [1.29, 1.82) is 0 Å². The Morgan fingerprint density at radius 3 is 2.40 bits per heavy atom. The minimum Gasteiger partial charge on any atom is -0.346 e. The number of aryl methyl sites for hydroxylation is 1. The van der Waals surface area contributed by atoms with Gasteiger partial charge in [-0.3, -0.25) is 9.59 Å². The van der Waals surface area contributed by atoms with Crippen molar-refractivity contribution in [3.8, 4) is 0 Å².